The molecule has 0 spiro atoms. The molecule has 0 bridgehead atoms. The Labute approximate surface area is 188 Å². The van der Waals surface area contributed by atoms with Crippen LogP contribution < -0.4 is 0 Å². The summed E-state index contributed by atoms with van der Waals surface area (Å²) in [5, 5.41) is 17.1. The molecule has 0 aliphatic heterocycles. The average molecular weight is 427 g/mol. The van der Waals surface area contributed by atoms with Crippen molar-refractivity contribution in [3.63, 3.8) is 0 Å². The van der Waals surface area contributed by atoms with E-state index in [2.05, 4.69) is 61.7 Å². The van der Waals surface area contributed by atoms with Crippen LogP contribution in [0.25, 0.3) is 5.57 Å². The first kappa shape index (κ1) is 24.1. The Bertz CT molecular complexity index is 1010. The third kappa shape index (κ3) is 6.67. The molecule has 0 saturated carbocycles. The zero-order valence-corrected chi connectivity index (χ0v) is 17.8. The van der Waals surface area contributed by atoms with Crippen molar-refractivity contribution in [1.29, 1.82) is 0 Å². The summed E-state index contributed by atoms with van der Waals surface area (Å²) in [5.74, 6) is -2.46. The van der Waals surface area contributed by atoms with E-state index in [0.717, 1.165) is 12.8 Å². The molecule has 0 heterocycles. The van der Waals surface area contributed by atoms with Crippen molar-refractivity contribution in [2.24, 2.45) is 0 Å². The van der Waals surface area contributed by atoms with E-state index >= 15 is 0 Å². The van der Waals surface area contributed by atoms with Gasteiger partial charge in [0.05, 0.1) is 11.1 Å². The molecule has 0 amide bonds. The van der Waals surface area contributed by atoms with Crippen molar-refractivity contribution >= 4 is 17.5 Å². The first-order chi connectivity index (χ1) is 15.5. The van der Waals surface area contributed by atoms with Crippen molar-refractivity contribution in [2.75, 3.05) is 0 Å². The minimum Gasteiger partial charge on any atom is -0.478 e. The number of hydrogen-bond acceptors (Lipinski definition) is 2. The predicted octanol–water partition coefficient (Wildman–Crippen LogP) is 6.72. The Kier molecular flexibility index (Phi) is 9.41. The molecule has 3 aromatic rings. The van der Waals surface area contributed by atoms with Crippen LogP contribution >= 0.6 is 0 Å². The number of aromatic carboxylic acids is 2. The minimum atomic E-state index is -1.23. The van der Waals surface area contributed by atoms with Crippen molar-refractivity contribution in [1.82, 2.24) is 0 Å². The quantitative estimate of drug-likeness (QED) is 0.392. The van der Waals surface area contributed by atoms with Gasteiger partial charge in [0, 0.05) is 0 Å². The van der Waals surface area contributed by atoms with Crippen molar-refractivity contribution in [3.8, 4) is 0 Å². The van der Waals surface area contributed by atoms with Crippen LogP contribution in [-0.4, -0.2) is 22.2 Å². The lowest BCUT2D eigenvalue weighted by molar-refractivity contribution is 0.0651. The first-order valence-corrected chi connectivity index (χ1v) is 10.1. The molecule has 0 atom stereocenters. The van der Waals surface area contributed by atoms with Gasteiger partial charge < -0.3 is 10.2 Å². The lowest BCUT2D eigenvalue weighted by Crippen LogP contribution is -2.06. The monoisotopic (exact) mass is 426 g/mol. The van der Waals surface area contributed by atoms with Gasteiger partial charge in [0.15, 0.2) is 0 Å². The summed E-state index contributed by atoms with van der Waals surface area (Å²) in [6.07, 6.45) is 5.69. The predicted molar refractivity (Wildman–Crippen MR) is 129 cm³/mol. The molecule has 0 aromatic heterocycles. The van der Waals surface area contributed by atoms with E-state index in [1.807, 2.05) is 24.3 Å². The van der Waals surface area contributed by atoms with Gasteiger partial charge in [-0.05, 0) is 41.7 Å². The van der Waals surface area contributed by atoms with Crippen LogP contribution in [0.15, 0.2) is 116 Å². The van der Waals surface area contributed by atoms with Crippen LogP contribution in [0.1, 0.15) is 44.7 Å². The van der Waals surface area contributed by atoms with Gasteiger partial charge in [-0.3, -0.25) is 0 Å². The lowest BCUT2D eigenvalue weighted by atomic mass is 9.90. The van der Waals surface area contributed by atoms with Gasteiger partial charge in [-0.2, -0.15) is 0 Å². The number of hydrogen-bond donors (Lipinski definition) is 2. The minimum absolute atomic E-state index is 0.190. The van der Waals surface area contributed by atoms with Crippen LogP contribution in [0.2, 0.25) is 0 Å². The smallest absolute Gasteiger partial charge is 0.336 e. The van der Waals surface area contributed by atoms with Crippen LogP contribution in [0.5, 0.6) is 0 Å². The van der Waals surface area contributed by atoms with Crippen molar-refractivity contribution in [2.45, 2.75) is 12.8 Å². The number of rotatable bonds is 8. The van der Waals surface area contributed by atoms with Crippen LogP contribution in [0.4, 0.5) is 0 Å². The number of carboxylic acid groups (broad SMARTS) is 2. The molecule has 0 saturated heterocycles. The molecule has 4 heteroatoms. The fourth-order valence-corrected chi connectivity index (χ4v) is 3.28. The third-order valence-electron chi connectivity index (χ3n) is 4.65. The molecule has 0 unspecified atom stereocenters. The largest absolute Gasteiger partial charge is 0.478 e. The summed E-state index contributed by atoms with van der Waals surface area (Å²) >= 11 is 0. The molecule has 162 valence electrons. The fourth-order valence-electron chi connectivity index (χ4n) is 3.28. The Morgan fingerprint density at radius 3 is 1.28 bits per heavy atom. The molecule has 0 aliphatic rings. The Hall–Kier alpha value is -4.18. The summed E-state index contributed by atoms with van der Waals surface area (Å²) in [5.41, 5.74) is 4.77. The maximum atomic E-state index is 10.5. The van der Waals surface area contributed by atoms with E-state index in [1.165, 1.54) is 46.5 Å². The second kappa shape index (κ2) is 12.5. The number of carboxylic acids is 2. The summed E-state index contributed by atoms with van der Waals surface area (Å²) in [6, 6.07) is 26.5. The lowest BCUT2D eigenvalue weighted by Gasteiger charge is -2.14. The second-order valence-electron chi connectivity index (χ2n) is 6.85. The van der Waals surface area contributed by atoms with Crippen LogP contribution in [0, 0.1) is 0 Å². The topological polar surface area (TPSA) is 74.6 Å². The molecule has 0 radical (unpaired) electrons. The van der Waals surface area contributed by atoms with Gasteiger partial charge in [-0.15, -0.1) is 13.2 Å². The van der Waals surface area contributed by atoms with E-state index in [9.17, 15) is 9.59 Å². The molecule has 2 N–H and O–H groups in total. The van der Waals surface area contributed by atoms with E-state index in [1.54, 1.807) is 0 Å². The maximum absolute atomic E-state index is 10.5. The van der Waals surface area contributed by atoms with E-state index in [-0.39, 0.29) is 11.1 Å². The van der Waals surface area contributed by atoms with E-state index < -0.39 is 11.9 Å². The highest BCUT2D eigenvalue weighted by molar-refractivity contribution is 6.01. The van der Waals surface area contributed by atoms with Crippen molar-refractivity contribution < 1.29 is 19.8 Å². The Balaban J connectivity index is 0.000000258. The molecule has 3 aromatic carbocycles. The highest BCUT2D eigenvalue weighted by Gasteiger charge is 2.13. The van der Waals surface area contributed by atoms with Gasteiger partial charge >= 0.3 is 11.9 Å². The molecule has 0 fully saturated rings. The SMILES string of the molecule is C=CCC(CC=C)=C(c1ccccc1)c1ccccc1.O=C(O)c1ccccc1C(=O)O. The number of carbonyl (C=O) groups is 2. The van der Waals surface area contributed by atoms with Gasteiger partial charge in [0.1, 0.15) is 0 Å². The maximum Gasteiger partial charge on any atom is 0.336 e. The van der Waals surface area contributed by atoms with E-state index in [4.69, 9.17) is 10.2 Å². The molecule has 0 aliphatic carbocycles. The summed E-state index contributed by atoms with van der Waals surface area (Å²) in [7, 11) is 0. The zero-order chi connectivity index (χ0) is 23.3. The molecule has 4 nitrogen and oxygen atoms in total. The van der Waals surface area contributed by atoms with Gasteiger partial charge in [-0.1, -0.05) is 90.5 Å². The van der Waals surface area contributed by atoms with Gasteiger partial charge in [0.25, 0.3) is 0 Å². The van der Waals surface area contributed by atoms with Gasteiger partial charge in [0.2, 0.25) is 0 Å². The van der Waals surface area contributed by atoms with Crippen molar-refractivity contribution in [3.05, 3.63) is 138 Å². The first-order valence-electron chi connectivity index (χ1n) is 10.1. The highest BCUT2D eigenvalue weighted by Crippen LogP contribution is 2.30. The highest BCUT2D eigenvalue weighted by atomic mass is 16.4. The molecular formula is C28H26O4. The van der Waals surface area contributed by atoms with E-state index in [0.29, 0.717) is 0 Å². The Morgan fingerprint density at radius 2 is 0.969 bits per heavy atom. The standard InChI is InChI=1S/C20H20.C8H6O4/c1-3-11-17(12-4-2)20(18-13-7-5-8-14-18)19-15-9-6-10-16-19;9-7(10)5-3-1-2-4-6(5)8(11)12/h3-10,13-16H,1-2,11-12H2;1-4H,(H,9,10)(H,11,12). The number of allylic oxidation sites excluding steroid dienone is 3. The van der Waals surface area contributed by atoms with Gasteiger partial charge in [-0.25, -0.2) is 9.59 Å². The summed E-state index contributed by atoms with van der Waals surface area (Å²) in [4.78, 5) is 20.9. The fraction of sp³-hybridized carbons (Fsp3) is 0.0714. The molecule has 3 rings (SSSR count). The van der Waals surface area contributed by atoms with Crippen LogP contribution in [0.3, 0.4) is 0 Å². The average Bonchev–Trinajstić information content (AvgIpc) is 2.81. The third-order valence-corrected chi connectivity index (χ3v) is 4.65. The van der Waals surface area contributed by atoms with Crippen LogP contribution in [-0.2, 0) is 0 Å². The second-order valence-corrected chi connectivity index (χ2v) is 6.85. The zero-order valence-electron chi connectivity index (χ0n) is 17.8. The molecule has 32 heavy (non-hydrogen) atoms. The Morgan fingerprint density at radius 1 is 0.625 bits per heavy atom. The summed E-state index contributed by atoms with van der Waals surface area (Å²) in [6.45, 7) is 7.77. The number of benzene rings is 3. The molecular weight excluding hydrogens is 400 g/mol. The summed E-state index contributed by atoms with van der Waals surface area (Å²) < 4.78 is 0. The normalized spacial score (nSPS) is 9.62.